The molecule has 1 saturated heterocycles. The van der Waals surface area contributed by atoms with Crippen LogP contribution < -0.4 is 10.0 Å². The molecule has 1 heterocycles. The van der Waals surface area contributed by atoms with Gasteiger partial charge in [0.15, 0.2) is 0 Å². The van der Waals surface area contributed by atoms with Gasteiger partial charge < -0.3 is 5.32 Å². The number of rotatable bonds is 7. The Hall–Kier alpha value is -2.29. The highest BCUT2D eigenvalue weighted by Gasteiger charge is 2.22. The van der Waals surface area contributed by atoms with Crippen LogP contribution in [0, 0.1) is 17.7 Å². The molecule has 8 heteroatoms. The van der Waals surface area contributed by atoms with Crippen molar-refractivity contribution in [2.24, 2.45) is 11.8 Å². The molecular weight excluding hydrogens is 417 g/mol. The number of nitrogens with one attached hydrogen (secondary N) is 2. The van der Waals surface area contributed by atoms with Gasteiger partial charge in [0.2, 0.25) is 10.0 Å². The van der Waals surface area contributed by atoms with Crippen LogP contribution in [0.5, 0.6) is 0 Å². The van der Waals surface area contributed by atoms with Crippen LogP contribution in [0.1, 0.15) is 41.8 Å². The van der Waals surface area contributed by atoms with Crippen LogP contribution in [-0.2, 0) is 23.1 Å². The van der Waals surface area contributed by atoms with Crippen molar-refractivity contribution in [2.45, 2.75) is 38.3 Å². The Labute approximate surface area is 183 Å². The first-order valence-corrected chi connectivity index (χ1v) is 12.0. The number of carbonyl (C=O) groups excluding carboxylic acids is 1. The van der Waals surface area contributed by atoms with Gasteiger partial charge in [-0.15, -0.1) is 0 Å². The van der Waals surface area contributed by atoms with E-state index in [0.717, 1.165) is 43.4 Å². The molecule has 0 aliphatic carbocycles. The smallest absolute Gasteiger partial charge is 0.254 e. The molecule has 0 saturated carbocycles. The number of hydrogen-bond acceptors (Lipinski definition) is 4. The molecule has 0 radical (unpaired) electrons. The molecule has 0 bridgehead atoms. The topological polar surface area (TPSA) is 78.5 Å². The summed E-state index contributed by atoms with van der Waals surface area (Å²) in [6.07, 6.45) is 1.28. The summed E-state index contributed by atoms with van der Waals surface area (Å²) in [5.74, 6) is -0.0145. The van der Waals surface area contributed by atoms with Crippen molar-refractivity contribution in [3.8, 4) is 0 Å². The van der Waals surface area contributed by atoms with Gasteiger partial charge in [0.05, 0.1) is 10.5 Å². The zero-order valence-electron chi connectivity index (χ0n) is 18.2. The lowest BCUT2D eigenvalue weighted by Crippen LogP contribution is -2.38. The number of halogens is 1. The Balaban J connectivity index is 1.60. The van der Waals surface area contributed by atoms with Crippen molar-refractivity contribution in [1.29, 1.82) is 0 Å². The minimum absolute atomic E-state index is 0.160. The van der Waals surface area contributed by atoms with E-state index in [1.807, 2.05) is 24.3 Å². The SMILES string of the molecule is CNS(=O)(=O)c1ccc(F)c(C(=O)NCc2ccc(CN3CC(C)CC(C)C3)cc2)c1. The summed E-state index contributed by atoms with van der Waals surface area (Å²) in [6.45, 7) is 7.92. The fourth-order valence-electron chi connectivity index (χ4n) is 4.18. The number of piperidine rings is 1. The normalized spacial score (nSPS) is 19.9. The average Bonchev–Trinajstić information content (AvgIpc) is 2.72. The molecule has 3 rings (SSSR count). The molecule has 0 spiro atoms. The summed E-state index contributed by atoms with van der Waals surface area (Å²) in [5, 5.41) is 2.66. The Morgan fingerprint density at radius 2 is 1.68 bits per heavy atom. The minimum atomic E-state index is -3.76. The van der Waals surface area contributed by atoms with E-state index in [9.17, 15) is 17.6 Å². The van der Waals surface area contributed by atoms with E-state index in [4.69, 9.17) is 0 Å². The summed E-state index contributed by atoms with van der Waals surface area (Å²) in [6, 6.07) is 11.1. The molecule has 1 aliphatic rings. The van der Waals surface area contributed by atoms with Gasteiger partial charge in [0.1, 0.15) is 5.82 Å². The second-order valence-corrected chi connectivity index (χ2v) is 10.4. The first kappa shape index (κ1) is 23.4. The molecular formula is C23H30FN3O3S. The highest BCUT2D eigenvalue weighted by atomic mass is 32.2. The summed E-state index contributed by atoms with van der Waals surface area (Å²) in [7, 11) is -2.50. The van der Waals surface area contributed by atoms with E-state index in [1.54, 1.807) is 0 Å². The van der Waals surface area contributed by atoms with Gasteiger partial charge in [-0.05, 0) is 54.6 Å². The lowest BCUT2D eigenvalue weighted by atomic mass is 9.91. The molecule has 168 valence electrons. The van der Waals surface area contributed by atoms with Crippen molar-refractivity contribution in [2.75, 3.05) is 20.1 Å². The zero-order valence-corrected chi connectivity index (χ0v) is 19.0. The molecule has 1 amide bonds. The molecule has 2 atom stereocenters. The number of hydrogen-bond donors (Lipinski definition) is 2. The van der Waals surface area contributed by atoms with Crippen LogP contribution >= 0.6 is 0 Å². The van der Waals surface area contributed by atoms with Crippen LogP contribution in [0.2, 0.25) is 0 Å². The van der Waals surface area contributed by atoms with Crippen LogP contribution in [0.3, 0.4) is 0 Å². The predicted molar refractivity (Wildman–Crippen MR) is 118 cm³/mol. The molecule has 2 unspecified atom stereocenters. The van der Waals surface area contributed by atoms with Crippen molar-refractivity contribution in [3.63, 3.8) is 0 Å². The van der Waals surface area contributed by atoms with Crippen molar-refractivity contribution < 1.29 is 17.6 Å². The summed E-state index contributed by atoms with van der Waals surface area (Å²) in [4.78, 5) is 14.7. The molecule has 0 aromatic heterocycles. The summed E-state index contributed by atoms with van der Waals surface area (Å²) < 4.78 is 40.1. The second-order valence-electron chi connectivity index (χ2n) is 8.49. The maximum Gasteiger partial charge on any atom is 0.254 e. The maximum absolute atomic E-state index is 14.1. The van der Waals surface area contributed by atoms with E-state index in [1.165, 1.54) is 19.0 Å². The number of sulfonamides is 1. The molecule has 2 aromatic rings. The van der Waals surface area contributed by atoms with E-state index in [-0.39, 0.29) is 17.0 Å². The predicted octanol–water partition coefficient (Wildman–Crippen LogP) is 3.14. The lowest BCUT2D eigenvalue weighted by molar-refractivity contribution is 0.0946. The zero-order chi connectivity index (χ0) is 22.6. The van der Waals surface area contributed by atoms with Crippen LogP contribution in [0.15, 0.2) is 47.4 Å². The summed E-state index contributed by atoms with van der Waals surface area (Å²) in [5.41, 5.74) is 1.80. The highest BCUT2D eigenvalue weighted by Crippen LogP contribution is 2.22. The first-order valence-electron chi connectivity index (χ1n) is 10.5. The van der Waals surface area contributed by atoms with Crippen molar-refractivity contribution in [1.82, 2.24) is 14.9 Å². The largest absolute Gasteiger partial charge is 0.348 e. The number of likely N-dealkylation sites (tertiary alicyclic amines) is 1. The number of benzene rings is 2. The Bertz CT molecular complexity index is 1010. The van der Waals surface area contributed by atoms with Crippen LogP contribution in [-0.4, -0.2) is 39.4 Å². The average molecular weight is 448 g/mol. The Kier molecular flexibility index (Phi) is 7.46. The molecule has 31 heavy (non-hydrogen) atoms. The monoisotopic (exact) mass is 447 g/mol. The fraction of sp³-hybridized carbons (Fsp3) is 0.435. The van der Waals surface area contributed by atoms with Crippen molar-refractivity contribution in [3.05, 3.63) is 65.0 Å². The number of amides is 1. The van der Waals surface area contributed by atoms with Crippen molar-refractivity contribution >= 4 is 15.9 Å². The van der Waals surface area contributed by atoms with E-state index >= 15 is 0 Å². The minimum Gasteiger partial charge on any atom is -0.348 e. The standard InChI is InChI=1S/C23H30FN3O3S/c1-16-10-17(2)14-27(13-16)15-19-6-4-18(5-7-19)12-26-23(28)21-11-20(8-9-22(21)24)31(29,30)25-3/h4-9,11,16-17,25H,10,12-15H2,1-3H3,(H,26,28). The van der Waals surface area contributed by atoms with E-state index in [0.29, 0.717) is 11.8 Å². The van der Waals surface area contributed by atoms with Gasteiger partial charge >= 0.3 is 0 Å². The molecule has 6 nitrogen and oxygen atoms in total. The third-order valence-corrected chi connectivity index (χ3v) is 7.00. The van der Waals surface area contributed by atoms with E-state index < -0.39 is 21.7 Å². The van der Waals surface area contributed by atoms with Gasteiger partial charge in [-0.25, -0.2) is 17.5 Å². The number of nitrogens with zero attached hydrogens (tertiary/aromatic N) is 1. The second kappa shape index (κ2) is 9.89. The molecule has 2 N–H and O–H groups in total. The first-order chi connectivity index (χ1) is 14.7. The Morgan fingerprint density at radius 1 is 1.06 bits per heavy atom. The van der Waals surface area contributed by atoms with Crippen LogP contribution in [0.4, 0.5) is 4.39 Å². The Morgan fingerprint density at radius 3 is 2.29 bits per heavy atom. The van der Waals surface area contributed by atoms with Gasteiger partial charge in [0, 0.05) is 26.2 Å². The quantitative estimate of drug-likeness (QED) is 0.684. The highest BCUT2D eigenvalue weighted by molar-refractivity contribution is 7.89. The number of carbonyl (C=O) groups is 1. The van der Waals surface area contributed by atoms with Gasteiger partial charge in [-0.3, -0.25) is 9.69 Å². The lowest BCUT2D eigenvalue weighted by Gasteiger charge is -2.35. The maximum atomic E-state index is 14.1. The summed E-state index contributed by atoms with van der Waals surface area (Å²) >= 11 is 0. The van der Waals surface area contributed by atoms with Gasteiger partial charge in [0.25, 0.3) is 5.91 Å². The van der Waals surface area contributed by atoms with Crippen LogP contribution in [0.25, 0.3) is 0 Å². The molecule has 1 aliphatic heterocycles. The molecule has 1 fully saturated rings. The van der Waals surface area contributed by atoms with Gasteiger partial charge in [-0.1, -0.05) is 38.1 Å². The molecule has 2 aromatic carbocycles. The third kappa shape index (κ3) is 6.12. The van der Waals surface area contributed by atoms with E-state index in [2.05, 4.69) is 28.8 Å². The third-order valence-electron chi connectivity index (χ3n) is 5.59. The fourth-order valence-corrected chi connectivity index (χ4v) is 4.94. The van der Waals surface area contributed by atoms with Gasteiger partial charge in [-0.2, -0.15) is 0 Å².